The van der Waals surface area contributed by atoms with Crippen LogP contribution in [0.1, 0.15) is 72.5 Å². The number of nitrogens with zero attached hydrogens (tertiary/aromatic N) is 5. The van der Waals surface area contributed by atoms with E-state index in [1.54, 1.807) is 6.20 Å². The second-order valence-electron chi connectivity index (χ2n) is 12.5. The Kier molecular flexibility index (Phi) is 8.79. The lowest BCUT2D eigenvalue weighted by Crippen LogP contribution is -2.43. The average Bonchev–Trinajstić information content (AvgIpc) is 3.54. The van der Waals surface area contributed by atoms with Crippen molar-refractivity contribution in [2.75, 3.05) is 0 Å². The van der Waals surface area contributed by atoms with Crippen LogP contribution < -0.4 is 0 Å². The first kappa shape index (κ1) is 32.3. The molecule has 0 N–H and O–H groups in total. The number of rotatable bonds is 8. The van der Waals surface area contributed by atoms with Gasteiger partial charge in [-0.2, -0.15) is 23.4 Å². The number of aromatic nitrogens is 2. The predicted molar refractivity (Wildman–Crippen MR) is 179 cm³/mol. The van der Waals surface area contributed by atoms with Crippen LogP contribution >= 0.6 is 0 Å². The van der Waals surface area contributed by atoms with Crippen molar-refractivity contribution in [1.82, 2.24) is 14.9 Å². The van der Waals surface area contributed by atoms with E-state index in [2.05, 4.69) is 20.2 Å². The molecule has 0 atom stereocenters. The molecule has 2 aliphatic carbocycles. The molecule has 248 valence electrons. The summed E-state index contributed by atoms with van der Waals surface area (Å²) in [6.07, 6.45) is 3.75. The third-order valence-electron chi connectivity index (χ3n) is 9.58. The highest BCUT2D eigenvalue weighted by atomic mass is 19.4. The van der Waals surface area contributed by atoms with E-state index < -0.39 is 35.6 Å². The Labute approximate surface area is 281 Å². The summed E-state index contributed by atoms with van der Waals surface area (Å²) in [6.45, 7) is -0.606. The molecule has 1 aromatic heterocycles. The number of amides is 1. The predicted octanol–water partition coefficient (Wildman–Crippen LogP) is 8.77. The molecule has 0 radical (unpaired) electrons. The van der Waals surface area contributed by atoms with E-state index in [9.17, 15) is 18.0 Å². The lowest BCUT2D eigenvalue weighted by atomic mass is 9.64. The Morgan fingerprint density at radius 2 is 1.33 bits per heavy atom. The fourth-order valence-electron chi connectivity index (χ4n) is 7.23. The summed E-state index contributed by atoms with van der Waals surface area (Å²) in [4.78, 5) is 22.1. The van der Waals surface area contributed by atoms with Crippen molar-refractivity contribution < 1.29 is 22.4 Å². The number of fused-ring (bicyclic) bond motifs is 1. The minimum absolute atomic E-state index is 0.119. The Morgan fingerprint density at radius 1 is 0.755 bits per heavy atom. The third-order valence-corrected chi connectivity index (χ3v) is 9.58. The van der Waals surface area contributed by atoms with Crippen molar-refractivity contribution >= 4 is 17.3 Å². The molecule has 7 rings (SSSR count). The highest BCUT2D eigenvalue weighted by Gasteiger charge is 2.49. The second-order valence-corrected chi connectivity index (χ2v) is 12.5. The number of carbonyl (C=O) groups is 1. The van der Waals surface area contributed by atoms with E-state index in [0.29, 0.717) is 16.2 Å². The Morgan fingerprint density at radius 3 is 1.84 bits per heavy atom. The van der Waals surface area contributed by atoms with Gasteiger partial charge in [-0.05, 0) is 35.6 Å². The summed E-state index contributed by atoms with van der Waals surface area (Å²) in [5, 5.41) is 9.07. The van der Waals surface area contributed by atoms with Gasteiger partial charge in [0, 0.05) is 24.1 Å². The van der Waals surface area contributed by atoms with E-state index in [-0.39, 0.29) is 23.7 Å². The molecule has 49 heavy (non-hydrogen) atoms. The van der Waals surface area contributed by atoms with Crippen LogP contribution in [-0.4, -0.2) is 38.4 Å². The lowest BCUT2D eigenvalue weighted by Gasteiger charge is -2.37. The molecule has 0 bridgehead atoms. The number of benzene rings is 3. The minimum atomic E-state index is -5.25. The van der Waals surface area contributed by atoms with Crippen molar-refractivity contribution in [2.45, 2.75) is 62.6 Å². The Hall–Kier alpha value is -5.25. The first-order chi connectivity index (χ1) is 23.8. The fourth-order valence-corrected chi connectivity index (χ4v) is 7.23. The number of hydrogen-bond donors (Lipinski definition) is 0. The van der Waals surface area contributed by atoms with Gasteiger partial charge in [0.2, 0.25) is 0 Å². The number of carbonyl (C=O) groups excluding carboxylic acids is 1. The van der Waals surface area contributed by atoms with Crippen LogP contribution in [0.5, 0.6) is 0 Å². The summed E-state index contributed by atoms with van der Waals surface area (Å²) in [5.74, 6) is -2.93. The first-order valence-corrected chi connectivity index (χ1v) is 16.4. The number of halogens is 4. The quantitative estimate of drug-likeness (QED) is 0.140. The van der Waals surface area contributed by atoms with Crippen molar-refractivity contribution in [2.24, 2.45) is 10.2 Å². The fraction of sp³-hybridized carbons (Fsp3) is 0.256. The van der Waals surface area contributed by atoms with E-state index in [4.69, 9.17) is 0 Å². The van der Waals surface area contributed by atoms with Crippen molar-refractivity contribution in [3.8, 4) is 0 Å². The minimum Gasteiger partial charge on any atom is -0.299 e. The zero-order valence-corrected chi connectivity index (χ0v) is 26.6. The molecule has 3 aromatic carbocycles. The van der Waals surface area contributed by atoms with Gasteiger partial charge in [-0.1, -0.05) is 110 Å². The topological polar surface area (TPSA) is 70.8 Å². The van der Waals surface area contributed by atoms with E-state index in [0.717, 1.165) is 60.6 Å². The van der Waals surface area contributed by atoms with Crippen LogP contribution in [-0.2, 0) is 16.8 Å². The molecule has 0 saturated heterocycles. The smallest absolute Gasteiger partial charge is 0.299 e. The van der Waals surface area contributed by atoms with Crippen molar-refractivity contribution in [3.63, 3.8) is 0 Å². The highest BCUT2D eigenvalue weighted by Crippen LogP contribution is 2.46. The molecular weight excluding hydrogens is 630 g/mol. The average molecular weight is 664 g/mol. The van der Waals surface area contributed by atoms with Crippen molar-refractivity contribution in [1.29, 1.82) is 0 Å². The van der Waals surface area contributed by atoms with Crippen LogP contribution in [0.4, 0.5) is 17.6 Å². The number of alkyl halides is 3. The van der Waals surface area contributed by atoms with Gasteiger partial charge in [0.15, 0.2) is 0 Å². The number of hydrogen-bond acceptors (Lipinski definition) is 5. The maximum atomic E-state index is 16.4. The SMILES string of the molecule is O=C(N(Cc1cnc(C2CCCCC2)cn1)C1=C(F)C=C2C(=NN=C2C(c2ccccc2)(c2ccccc2)c2ccccc2)C1)C(F)(F)F. The second kappa shape index (κ2) is 13.3. The third kappa shape index (κ3) is 6.11. The Bertz CT molecular complexity index is 1850. The van der Waals surface area contributed by atoms with Gasteiger partial charge in [-0.25, -0.2) is 4.39 Å². The van der Waals surface area contributed by atoms with E-state index in [1.165, 1.54) is 6.20 Å². The summed E-state index contributed by atoms with van der Waals surface area (Å²) in [6, 6.07) is 28.9. The first-order valence-electron chi connectivity index (χ1n) is 16.4. The van der Waals surface area contributed by atoms with E-state index in [1.807, 2.05) is 91.0 Å². The molecule has 2 heterocycles. The molecule has 6 nitrogen and oxygen atoms in total. The maximum Gasteiger partial charge on any atom is 0.471 e. The highest BCUT2D eigenvalue weighted by molar-refractivity contribution is 6.32. The zero-order chi connectivity index (χ0) is 34.0. The summed E-state index contributed by atoms with van der Waals surface area (Å²) < 4.78 is 58.4. The van der Waals surface area contributed by atoms with Gasteiger partial charge >= 0.3 is 12.1 Å². The molecule has 1 saturated carbocycles. The number of allylic oxidation sites excluding steroid dienone is 4. The molecule has 1 amide bonds. The standard InChI is InChI=1S/C39H33F4N5O/c40-32-21-31-33(22-35(32)48(37(49)39(41,42)43)25-30-23-45-34(24-44-30)26-13-5-1-6-14-26)46-47-36(31)38(27-15-7-2-8-16-27,28-17-9-3-10-18-28)29-19-11-4-12-20-29/h2-4,7-12,15-21,23-24,26H,1,5-6,13-14,22,25H2. The molecule has 1 aliphatic heterocycles. The van der Waals surface area contributed by atoms with Crippen molar-refractivity contribution in [3.05, 3.63) is 155 Å². The summed E-state index contributed by atoms with van der Waals surface area (Å²) >= 11 is 0. The monoisotopic (exact) mass is 663 g/mol. The Balaban J connectivity index is 1.30. The largest absolute Gasteiger partial charge is 0.471 e. The molecule has 4 aromatic rings. The molecule has 0 spiro atoms. The molecule has 1 fully saturated rings. The van der Waals surface area contributed by atoms with Crippen LogP contribution in [0.25, 0.3) is 0 Å². The van der Waals surface area contributed by atoms with Crippen LogP contribution in [0.2, 0.25) is 0 Å². The van der Waals surface area contributed by atoms with Gasteiger partial charge in [0.05, 0.1) is 46.7 Å². The molecular formula is C39H33F4N5O. The summed E-state index contributed by atoms with van der Waals surface area (Å²) in [5.41, 5.74) is 2.99. The maximum absolute atomic E-state index is 16.4. The van der Waals surface area contributed by atoms with Crippen LogP contribution in [0.15, 0.2) is 137 Å². The van der Waals surface area contributed by atoms with Gasteiger partial charge in [-0.15, -0.1) is 0 Å². The molecule has 10 heteroatoms. The molecule has 3 aliphatic rings. The van der Waals surface area contributed by atoms with Gasteiger partial charge in [0.1, 0.15) is 5.83 Å². The van der Waals surface area contributed by atoms with E-state index >= 15 is 4.39 Å². The van der Waals surface area contributed by atoms with Gasteiger partial charge < -0.3 is 0 Å². The summed E-state index contributed by atoms with van der Waals surface area (Å²) in [7, 11) is 0. The van der Waals surface area contributed by atoms with Crippen LogP contribution in [0.3, 0.4) is 0 Å². The lowest BCUT2D eigenvalue weighted by molar-refractivity contribution is -0.184. The zero-order valence-electron chi connectivity index (χ0n) is 26.6. The van der Waals surface area contributed by atoms with Gasteiger partial charge in [0.25, 0.3) is 0 Å². The van der Waals surface area contributed by atoms with Crippen LogP contribution in [0, 0.1) is 0 Å². The molecule has 0 unspecified atom stereocenters. The normalized spacial score (nSPS) is 16.9. The van der Waals surface area contributed by atoms with Gasteiger partial charge in [-0.3, -0.25) is 19.7 Å².